The Labute approximate surface area is 206 Å². The summed E-state index contributed by atoms with van der Waals surface area (Å²) in [4.78, 5) is 6.06. The van der Waals surface area contributed by atoms with E-state index in [4.69, 9.17) is 4.99 Å². The zero-order chi connectivity index (χ0) is 20.9. The first-order valence-electron chi connectivity index (χ1n) is 10.5. The molecule has 0 aliphatic rings. The van der Waals surface area contributed by atoms with Crippen LogP contribution in [0.25, 0.3) is 0 Å². The second kappa shape index (κ2) is 14.9. The van der Waals surface area contributed by atoms with Crippen molar-refractivity contribution in [3.63, 3.8) is 0 Å². The Hall–Kier alpha value is -2.07. The van der Waals surface area contributed by atoms with Crippen LogP contribution in [-0.4, -0.2) is 46.1 Å². The smallest absolute Gasteiger partial charge is 0.191 e. The maximum atomic E-state index is 4.77. The number of thioether (sulfide) groups is 1. The lowest BCUT2D eigenvalue weighted by Gasteiger charge is -2.13. The molecule has 2 aromatic carbocycles. The van der Waals surface area contributed by atoms with Gasteiger partial charge in [0.05, 0.1) is 0 Å². The molecule has 0 fully saturated rings. The van der Waals surface area contributed by atoms with E-state index >= 15 is 0 Å². The summed E-state index contributed by atoms with van der Waals surface area (Å²) < 4.78 is 2.08. The van der Waals surface area contributed by atoms with E-state index in [1.807, 2.05) is 23.9 Å². The molecule has 1 aromatic heterocycles. The van der Waals surface area contributed by atoms with Gasteiger partial charge in [-0.1, -0.05) is 55.5 Å². The summed E-state index contributed by atoms with van der Waals surface area (Å²) in [5.41, 5.74) is 1.30. The van der Waals surface area contributed by atoms with Crippen LogP contribution in [0.2, 0.25) is 0 Å². The molecule has 3 rings (SSSR count). The molecule has 0 saturated carbocycles. The zero-order valence-corrected chi connectivity index (χ0v) is 21.1. The number of guanidine groups is 1. The molecule has 3 aromatic rings. The fraction of sp³-hybridized carbons (Fsp3) is 0.348. The molecule has 2 N–H and O–H groups in total. The van der Waals surface area contributed by atoms with E-state index in [1.165, 1.54) is 10.5 Å². The van der Waals surface area contributed by atoms with Crippen LogP contribution in [0.1, 0.15) is 18.3 Å². The molecule has 0 radical (unpaired) electrons. The summed E-state index contributed by atoms with van der Waals surface area (Å²) in [7, 11) is 0. The Morgan fingerprint density at radius 1 is 1.00 bits per heavy atom. The molecule has 8 heteroatoms. The highest BCUT2D eigenvalue weighted by Crippen LogP contribution is 2.15. The van der Waals surface area contributed by atoms with Gasteiger partial charge in [-0.3, -0.25) is 4.99 Å². The predicted octanol–water partition coefficient (Wildman–Crippen LogP) is 4.03. The van der Waals surface area contributed by atoms with E-state index < -0.39 is 0 Å². The van der Waals surface area contributed by atoms with Gasteiger partial charge in [-0.15, -0.1) is 45.9 Å². The second-order valence-corrected chi connectivity index (χ2v) is 7.94. The van der Waals surface area contributed by atoms with Crippen LogP contribution in [0.5, 0.6) is 0 Å². The third kappa shape index (κ3) is 9.30. The van der Waals surface area contributed by atoms with Gasteiger partial charge < -0.3 is 15.2 Å². The number of halogens is 1. The molecule has 0 aliphatic carbocycles. The van der Waals surface area contributed by atoms with Crippen LogP contribution >= 0.6 is 35.7 Å². The van der Waals surface area contributed by atoms with E-state index in [0.29, 0.717) is 0 Å². The first-order chi connectivity index (χ1) is 14.8. The lowest BCUT2D eigenvalue weighted by Crippen LogP contribution is -2.40. The topological polar surface area (TPSA) is 67.1 Å². The van der Waals surface area contributed by atoms with Crippen molar-refractivity contribution in [2.75, 3.05) is 25.4 Å². The molecule has 1 heterocycles. The van der Waals surface area contributed by atoms with Gasteiger partial charge in [0.25, 0.3) is 0 Å². The first kappa shape index (κ1) is 25.2. The van der Waals surface area contributed by atoms with Crippen molar-refractivity contribution in [1.82, 2.24) is 25.4 Å². The van der Waals surface area contributed by atoms with Crippen LogP contribution in [0.3, 0.4) is 0 Å². The number of aromatic nitrogens is 3. The fourth-order valence-electron chi connectivity index (χ4n) is 3.01. The average Bonchev–Trinajstić information content (AvgIpc) is 3.25. The SMILES string of the molecule is CCc1nncn1CCNC(=NCCc1ccccc1)NCCSc1ccccc1.I. The Morgan fingerprint density at radius 3 is 2.45 bits per heavy atom. The molecule has 0 saturated heterocycles. The van der Waals surface area contributed by atoms with Crippen molar-refractivity contribution >= 4 is 41.7 Å². The lowest BCUT2D eigenvalue weighted by atomic mass is 10.2. The molecule has 6 nitrogen and oxygen atoms in total. The van der Waals surface area contributed by atoms with E-state index in [9.17, 15) is 0 Å². The molecule has 166 valence electrons. The Bertz CT molecular complexity index is 885. The van der Waals surface area contributed by atoms with Gasteiger partial charge in [-0.2, -0.15) is 0 Å². The fourth-order valence-corrected chi connectivity index (χ4v) is 3.79. The van der Waals surface area contributed by atoms with Crippen molar-refractivity contribution in [2.45, 2.75) is 31.2 Å². The molecule has 0 amide bonds. The van der Waals surface area contributed by atoms with Gasteiger partial charge in [0.15, 0.2) is 5.96 Å². The second-order valence-electron chi connectivity index (χ2n) is 6.78. The number of hydrogen-bond acceptors (Lipinski definition) is 4. The first-order valence-corrected chi connectivity index (χ1v) is 11.4. The molecule has 0 spiro atoms. The van der Waals surface area contributed by atoms with Gasteiger partial charge in [0, 0.05) is 43.2 Å². The van der Waals surface area contributed by atoms with Crippen molar-refractivity contribution < 1.29 is 0 Å². The maximum Gasteiger partial charge on any atom is 0.191 e. The molecule has 0 aliphatic heterocycles. The maximum absolute atomic E-state index is 4.77. The largest absolute Gasteiger partial charge is 0.356 e. The third-order valence-corrected chi connectivity index (χ3v) is 5.59. The van der Waals surface area contributed by atoms with Gasteiger partial charge >= 0.3 is 0 Å². The van der Waals surface area contributed by atoms with Crippen LogP contribution in [0, 0.1) is 0 Å². The van der Waals surface area contributed by atoms with Gasteiger partial charge in [-0.25, -0.2) is 0 Å². The summed E-state index contributed by atoms with van der Waals surface area (Å²) in [6.45, 7) is 5.28. The minimum absolute atomic E-state index is 0. The third-order valence-electron chi connectivity index (χ3n) is 4.58. The average molecular weight is 551 g/mol. The van der Waals surface area contributed by atoms with Crippen LogP contribution in [-0.2, 0) is 19.4 Å². The molecule has 0 unspecified atom stereocenters. The summed E-state index contributed by atoms with van der Waals surface area (Å²) in [6.07, 6.45) is 3.60. The van der Waals surface area contributed by atoms with Crippen molar-refractivity contribution in [3.8, 4) is 0 Å². The van der Waals surface area contributed by atoms with Gasteiger partial charge in [0.2, 0.25) is 0 Å². The molecule has 0 atom stereocenters. The van der Waals surface area contributed by atoms with E-state index in [-0.39, 0.29) is 24.0 Å². The van der Waals surface area contributed by atoms with Crippen LogP contribution in [0.15, 0.2) is 76.9 Å². The molecule has 0 bridgehead atoms. The van der Waals surface area contributed by atoms with E-state index in [2.05, 4.69) is 80.9 Å². The molecular weight excluding hydrogens is 519 g/mol. The summed E-state index contributed by atoms with van der Waals surface area (Å²) in [6, 6.07) is 20.9. The Morgan fingerprint density at radius 2 is 1.71 bits per heavy atom. The monoisotopic (exact) mass is 550 g/mol. The van der Waals surface area contributed by atoms with E-state index in [1.54, 1.807) is 6.33 Å². The van der Waals surface area contributed by atoms with Gasteiger partial charge in [0.1, 0.15) is 12.2 Å². The minimum Gasteiger partial charge on any atom is -0.356 e. The number of rotatable bonds is 11. The summed E-state index contributed by atoms with van der Waals surface area (Å²) in [5.74, 6) is 2.84. The molecular formula is C23H31IN6S. The van der Waals surface area contributed by atoms with Gasteiger partial charge in [-0.05, 0) is 24.1 Å². The highest BCUT2D eigenvalue weighted by atomic mass is 127. The number of benzene rings is 2. The van der Waals surface area contributed by atoms with Crippen LogP contribution in [0.4, 0.5) is 0 Å². The highest BCUT2D eigenvalue weighted by molar-refractivity contribution is 14.0. The number of nitrogens with zero attached hydrogens (tertiary/aromatic N) is 4. The van der Waals surface area contributed by atoms with Crippen molar-refractivity contribution in [1.29, 1.82) is 0 Å². The zero-order valence-electron chi connectivity index (χ0n) is 17.9. The molecule has 31 heavy (non-hydrogen) atoms. The standard InChI is InChI=1S/C23H30N6S.HI/c1-2-22-28-27-19-29(22)17-15-25-23(24-14-13-20-9-5-3-6-10-20)26-16-18-30-21-11-7-4-8-12-21;/h3-12,19H,2,13-18H2,1H3,(H2,24,25,26);1H. The van der Waals surface area contributed by atoms with Crippen molar-refractivity contribution in [2.24, 2.45) is 4.99 Å². The summed E-state index contributed by atoms with van der Waals surface area (Å²) >= 11 is 1.84. The minimum atomic E-state index is 0. The predicted molar refractivity (Wildman–Crippen MR) is 140 cm³/mol. The Kier molecular flexibility index (Phi) is 12.1. The number of nitrogens with one attached hydrogen (secondary N) is 2. The van der Waals surface area contributed by atoms with Crippen LogP contribution < -0.4 is 10.6 Å². The van der Waals surface area contributed by atoms with E-state index in [0.717, 1.165) is 56.6 Å². The number of aryl methyl sites for hydroxylation is 1. The highest BCUT2D eigenvalue weighted by Gasteiger charge is 2.03. The lowest BCUT2D eigenvalue weighted by molar-refractivity contribution is 0.633. The Balaban J connectivity index is 0.00000341. The number of aliphatic imine (C=N–C) groups is 1. The normalized spacial score (nSPS) is 11.1. The number of hydrogen-bond donors (Lipinski definition) is 2. The van der Waals surface area contributed by atoms with Crippen molar-refractivity contribution in [3.05, 3.63) is 78.4 Å². The quantitative estimate of drug-likeness (QED) is 0.124. The summed E-state index contributed by atoms with van der Waals surface area (Å²) in [5, 5.41) is 15.1.